The molecule has 1 aromatic carbocycles. The number of aliphatic carboxylic acids is 1. The first-order valence-electron chi connectivity index (χ1n) is 8.43. The summed E-state index contributed by atoms with van der Waals surface area (Å²) in [5, 5.41) is 14.4. The first-order valence-corrected chi connectivity index (χ1v) is 9.31. The monoisotopic (exact) mass is 376 g/mol. The number of benzene rings is 1. The van der Waals surface area contributed by atoms with Gasteiger partial charge in [0.15, 0.2) is 0 Å². The van der Waals surface area contributed by atoms with Crippen LogP contribution in [0.3, 0.4) is 0 Å². The summed E-state index contributed by atoms with van der Waals surface area (Å²) in [6, 6.07) is 7.01. The van der Waals surface area contributed by atoms with Crippen molar-refractivity contribution < 1.29 is 19.4 Å². The molecule has 0 fully saturated rings. The van der Waals surface area contributed by atoms with E-state index in [4.69, 9.17) is 9.84 Å². The molecule has 0 radical (unpaired) electrons. The number of amides is 1. The first-order chi connectivity index (χ1) is 12.2. The summed E-state index contributed by atoms with van der Waals surface area (Å²) in [4.78, 5) is 27.1. The lowest BCUT2D eigenvalue weighted by molar-refractivity contribution is -0.137. The minimum atomic E-state index is -0.832. The van der Waals surface area contributed by atoms with Crippen molar-refractivity contribution in [2.45, 2.75) is 45.4 Å². The van der Waals surface area contributed by atoms with Gasteiger partial charge in [0.1, 0.15) is 5.75 Å². The van der Waals surface area contributed by atoms with Gasteiger partial charge in [-0.1, -0.05) is 20.8 Å². The topological polar surface area (TPSA) is 88.5 Å². The van der Waals surface area contributed by atoms with Crippen LogP contribution in [-0.4, -0.2) is 28.6 Å². The highest BCUT2D eigenvalue weighted by molar-refractivity contribution is 7.09. The summed E-state index contributed by atoms with van der Waals surface area (Å²) in [7, 11) is 0. The molecular weight excluding hydrogens is 352 g/mol. The van der Waals surface area contributed by atoms with Crippen molar-refractivity contribution in [2.75, 3.05) is 11.9 Å². The molecule has 0 atom stereocenters. The van der Waals surface area contributed by atoms with E-state index in [1.165, 1.54) is 0 Å². The number of nitrogens with one attached hydrogen (secondary N) is 1. The predicted molar refractivity (Wildman–Crippen MR) is 102 cm³/mol. The maximum Gasteiger partial charge on any atom is 0.303 e. The van der Waals surface area contributed by atoms with E-state index in [2.05, 4.69) is 31.1 Å². The Morgan fingerprint density at radius 2 is 1.92 bits per heavy atom. The zero-order valence-electron chi connectivity index (χ0n) is 15.2. The SMILES string of the molecule is CC(C)(C)c1nc(CC(=O)Nc2ccc(OCCCC(=O)O)cc2)cs1. The van der Waals surface area contributed by atoms with Crippen LogP contribution in [0.2, 0.25) is 0 Å². The molecule has 2 aromatic rings. The van der Waals surface area contributed by atoms with E-state index in [-0.39, 0.29) is 24.2 Å². The maximum absolute atomic E-state index is 12.2. The van der Waals surface area contributed by atoms with Crippen molar-refractivity contribution in [1.29, 1.82) is 0 Å². The van der Waals surface area contributed by atoms with Gasteiger partial charge in [-0.3, -0.25) is 9.59 Å². The van der Waals surface area contributed by atoms with Crippen LogP contribution in [-0.2, 0) is 21.4 Å². The molecule has 1 aromatic heterocycles. The number of rotatable bonds is 8. The lowest BCUT2D eigenvalue weighted by Gasteiger charge is -2.13. The number of carboxylic acids is 1. The van der Waals surface area contributed by atoms with Gasteiger partial charge in [-0.15, -0.1) is 11.3 Å². The molecule has 2 rings (SSSR count). The summed E-state index contributed by atoms with van der Waals surface area (Å²) < 4.78 is 5.46. The quantitative estimate of drug-likeness (QED) is 0.683. The fraction of sp³-hybridized carbons (Fsp3) is 0.421. The highest BCUT2D eigenvalue weighted by Crippen LogP contribution is 2.25. The zero-order chi connectivity index (χ0) is 19.2. The molecule has 6 nitrogen and oxygen atoms in total. The molecule has 7 heteroatoms. The van der Waals surface area contributed by atoms with Gasteiger partial charge in [0.05, 0.1) is 23.7 Å². The molecule has 2 N–H and O–H groups in total. The normalized spacial score (nSPS) is 11.2. The molecule has 1 heterocycles. The van der Waals surface area contributed by atoms with E-state index < -0.39 is 5.97 Å². The maximum atomic E-state index is 12.2. The lowest BCUT2D eigenvalue weighted by Crippen LogP contribution is -2.15. The molecule has 0 spiro atoms. The summed E-state index contributed by atoms with van der Waals surface area (Å²) in [5.41, 5.74) is 1.44. The van der Waals surface area contributed by atoms with Crippen molar-refractivity contribution >= 4 is 28.9 Å². The van der Waals surface area contributed by atoms with Crippen LogP contribution in [0.15, 0.2) is 29.6 Å². The number of ether oxygens (including phenoxy) is 1. The molecule has 0 bridgehead atoms. The Bertz CT molecular complexity index is 748. The van der Waals surface area contributed by atoms with Crippen LogP contribution >= 0.6 is 11.3 Å². The average Bonchev–Trinajstić information content (AvgIpc) is 3.01. The van der Waals surface area contributed by atoms with Crippen molar-refractivity contribution in [3.63, 3.8) is 0 Å². The molecule has 140 valence electrons. The third kappa shape index (κ3) is 6.48. The van der Waals surface area contributed by atoms with Crippen molar-refractivity contribution in [1.82, 2.24) is 4.98 Å². The second-order valence-corrected chi connectivity index (χ2v) is 7.85. The smallest absolute Gasteiger partial charge is 0.303 e. The largest absolute Gasteiger partial charge is 0.494 e. The minimum absolute atomic E-state index is 0.0142. The van der Waals surface area contributed by atoms with Crippen LogP contribution in [0.4, 0.5) is 5.69 Å². The van der Waals surface area contributed by atoms with Crippen LogP contribution in [0.25, 0.3) is 0 Å². The van der Waals surface area contributed by atoms with E-state index >= 15 is 0 Å². The van der Waals surface area contributed by atoms with E-state index in [1.807, 2.05) is 5.38 Å². The van der Waals surface area contributed by atoms with Crippen LogP contribution < -0.4 is 10.1 Å². The molecule has 0 aliphatic rings. The highest BCUT2D eigenvalue weighted by Gasteiger charge is 2.18. The van der Waals surface area contributed by atoms with E-state index in [0.717, 1.165) is 10.7 Å². The Hall–Kier alpha value is -2.41. The zero-order valence-corrected chi connectivity index (χ0v) is 16.1. The molecule has 0 saturated heterocycles. The first kappa shape index (κ1) is 19.9. The van der Waals surface area contributed by atoms with E-state index in [0.29, 0.717) is 24.5 Å². The molecule has 26 heavy (non-hydrogen) atoms. The number of carbonyl (C=O) groups excluding carboxylic acids is 1. The number of nitrogens with zero attached hydrogens (tertiary/aromatic N) is 1. The standard InChI is InChI=1S/C19H24N2O4S/c1-19(2,3)18-21-14(12-26-18)11-16(22)20-13-6-8-15(9-7-13)25-10-4-5-17(23)24/h6-9,12H,4-5,10-11H2,1-3H3,(H,20,22)(H,23,24). The van der Waals surface area contributed by atoms with Gasteiger partial charge in [-0.2, -0.15) is 0 Å². The second kappa shape index (κ2) is 8.80. The summed E-state index contributed by atoms with van der Waals surface area (Å²) in [6.45, 7) is 6.64. The second-order valence-electron chi connectivity index (χ2n) is 6.99. The molecular formula is C19H24N2O4S. The number of aromatic nitrogens is 1. The Balaban J connectivity index is 1.81. The molecule has 0 unspecified atom stereocenters. The van der Waals surface area contributed by atoms with Gasteiger partial charge in [-0.25, -0.2) is 4.98 Å². The van der Waals surface area contributed by atoms with Gasteiger partial charge in [0.25, 0.3) is 0 Å². The number of carboxylic acid groups (broad SMARTS) is 1. The Morgan fingerprint density at radius 3 is 2.50 bits per heavy atom. The summed E-state index contributed by atoms with van der Waals surface area (Å²) >= 11 is 1.57. The Labute approximate surface area is 157 Å². The van der Waals surface area contributed by atoms with Crippen LogP contribution in [0.5, 0.6) is 5.75 Å². The number of anilines is 1. The third-order valence-corrected chi connectivity index (χ3v) is 4.79. The highest BCUT2D eigenvalue weighted by atomic mass is 32.1. The Morgan fingerprint density at radius 1 is 1.23 bits per heavy atom. The molecule has 0 aliphatic heterocycles. The molecule has 1 amide bonds. The number of thiazole rings is 1. The summed E-state index contributed by atoms with van der Waals surface area (Å²) in [6.07, 6.45) is 0.778. The van der Waals surface area contributed by atoms with Gasteiger partial charge >= 0.3 is 5.97 Å². The molecule has 0 saturated carbocycles. The fourth-order valence-corrected chi connectivity index (χ4v) is 3.06. The van der Waals surface area contributed by atoms with Gasteiger partial charge in [-0.05, 0) is 30.7 Å². The summed E-state index contributed by atoms with van der Waals surface area (Å²) in [5.74, 6) is -0.310. The Kier molecular flexibility index (Phi) is 6.74. The molecule has 0 aliphatic carbocycles. The van der Waals surface area contributed by atoms with Crippen LogP contribution in [0.1, 0.15) is 44.3 Å². The lowest BCUT2D eigenvalue weighted by atomic mass is 9.98. The third-order valence-electron chi connectivity index (χ3n) is 3.48. The number of hydrogen-bond acceptors (Lipinski definition) is 5. The number of hydrogen-bond donors (Lipinski definition) is 2. The van der Waals surface area contributed by atoms with Crippen molar-refractivity contribution in [2.24, 2.45) is 0 Å². The van der Waals surface area contributed by atoms with Gasteiger partial charge in [0, 0.05) is 22.9 Å². The van der Waals surface area contributed by atoms with Crippen molar-refractivity contribution in [3.05, 3.63) is 40.3 Å². The van der Waals surface area contributed by atoms with Gasteiger partial charge in [0.2, 0.25) is 5.91 Å². The van der Waals surface area contributed by atoms with E-state index in [1.54, 1.807) is 35.6 Å². The van der Waals surface area contributed by atoms with Crippen LogP contribution in [0, 0.1) is 0 Å². The van der Waals surface area contributed by atoms with E-state index in [9.17, 15) is 9.59 Å². The van der Waals surface area contributed by atoms with Crippen molar-refractivity contribution in [3.8, 4) is 5.75 Å². The minimum Gasteiger partial charge on any atom is -0.494 e. The predicted octanol–water partition coefficient (Wildman–Crippen LogP) is 3.87. The van der Waals surface area contributed by atoms with Gasteiger partial charge < -0.3 is 15.2 Å². The average molecular weight is 376 g/mol. The fourth-order valence-electron chi connectivity index (χ4n) is 2.15. The number of carbonyl (C=O) groups is 2.